The van der Waals surface area contributed by atoms with Gasteiger partial charge in [0.1, 0.15) is 0 Å². The number of anilines is 2. The van der Waals surface area contributed by atoms with Crippen molar-refractivity contribution < 1.29 is 13.2 Å². The molecule has 156 valence electrons. The first-order chi connectivity index (χ1) is 14.1. The highest BCUT2D eigenvalue weighted by molar-refractivity contribution is 7.92. The summed E-state index contributed by atoms with van der Waals surface area (Å²) in [6, 6.07) is 16.6. The number of rotatable bonds is 7. The molecule has 4 rings (SSSR count). The molecular formula is C22H29N3O3S. The van der Waals surface area contributed by atoms with E-state index in [0.29, 0.717) is 17.8 Å². The van der Waals surface area contributed by atoms with Crippen molar-refractivity contribution in [1.29, 1.82) is 0 Å². The Hall–Kier alpha value is -2.09. The predicted octanol–water partition coefficient (Wildman–Crippen LogP) is 3.22. The minimum atomic E-state index is -3.55. The summed E-state index contributed by atoms with van der Waals surface area (Å²) in [6.07, 6.45) is 4.96. The van der Waals surface area contributed by atoms with E-state index in [1.807, 2.05) is 24.3 Å². The summed E-state index contributed by atoms with van der Waals surface area (Å²) in [7, 11) is -3.55. The van der Waals surface area contributed by atoms with Crippen LogP contribution in [-0.4, -0.2) is 46.8 Å². The molecule has 2 N–H and O–H groups in total. The van der Waals surface area contributed by atoms with Crippen LogP contribution in [0.2, 0.25) is 0 Å². The van der Waals surface area contributed by atoms with Gasteiger partial charge in [0.2, 0.25) is 0 Å². The maximum Gasteiger partial charge on any atom is 0.261 e. The van der Waals surface area contributed by atoms with Gasteiger partial charge >= 0.3 is 0 Å². The fourth-order valence-electron chi connectivity index (χ4n) is 4.00. The number of ether oxygens (including phenoxy) is 1. The maximum atomic E-state index is 12.4. The molecule has 2 aliphatic rings. The second kappa shape index (κ2) is 9.15. The summed E-state index contributed by atoms with van der Waals surface area (Å²) in [4.78, 5) is 2.63. The van der Waals surface area contributed by atoms with Gasteiger partial charge < -0.3 is 15.0 Å². The van der Waals surface area contributed by atoms with E-state index in [0.717, 1.165) is 44.8 Å². The van der Waals surface area contributed by atoms with Gasteiger partial charge in [-0.1, -0.05) is 18.2 Å². The second-order valence-electron chi connectivity index (χ2n) is 7.77. The first kappa shape index (κ1) is 20.2. The topological polar surface area (TPSA) is 70.7 Å². The van der Waals surface area contributed by atoms with Crippen molar-refractivity contribution in [1.82, 2.24) is 5.32 Å². The Morgan fingerprint density at radius 2 is 1.69 bits per heavy atom. The van der Waals surface area contributed by atoms with E-state index >= 15 is 0 Å². The molecule has 0 aliphatic carbocycles. The van der Waals surface area contributed by atoms with Crippen molar-refractivity contribution in [2.75, 3.05) is 35.9 Å². The third-order valence-corrected chi connectivity index (χ3v) is 7.09. The first-order valence-corrected chi connectivity index (χ1v) is 11.9. The summed E-state index contributed by atoms with van der Waals surface area (Å²) in [5, 5.41) is 3.66. The first-order valence-electron chi connectivity index (χ1n) is 10.4. The summed E-state index contributed by atoms with van der Waals surface area (Å²) < 4.78 is 33.2. The molecule has 0 saturated carbocycles. The Bertz CT molecular complexity index is 873. The van der Waals surface area contributed by atoms with E-state index in [4.69, 9.17) is 4.74 Å². The number of hydrogen-bond donors (Lipinski definition) is 2. The van der Waals surface area contributed by atoms with Gasteiger partial charge in [0.05, 0.1) is 11.0 Å². The van der Waals surface area contributed by atoms with E-state index in [9.17, 15) is 8.42 Å². The van der Waals surface area contributed by atoms with Crippen molar-refractivity contribution in [3.63, 3.8) is 0 Å². The molecule has 7 heteroatoms. The van der Waals surface area contributed by atoms with E-state index in [-0.39, 0.29) is 4.90 Å². The van der Waals surface area contributed by atoms with Crippen LogP contribution in [0, 0.1) is 0 Å². The molecule has 0 unspecified atom stereocenters. The van der Waals surface area contributed by atoms with Gasteiger partial charge in [-0.25, -0.2) is 8.42 Å². The lowest BCUT2D eigenvalue weighted by molar-refractivity contribution is 0.106. The maximum absolute atomic E-state index is 12.4. The molecule has 6 nitrogen and oxygen atoms in total. The number of nitrogens with one attached hydrogen (secondary N) is 2. The van der Waals surface area contributed by atoms with Crippen LogP contribution in [0.1, 0.15) is 25.7 Å². The number of hydrogen-bond acceptors (Lipinski definition) is 5. The SMILES string of the molecule is O=S(=O)(Nc1ccc(N2CCC(NC[C@@H]3CCCO3)CC2)cc1)c1ccccc1. The Balaban J connectivity index is 1.28. The molecule has 1 atom stereocenters. The summed E-state index contributed by atoms with van der Waals surface area (Å²) >= 11 is 0. The number of sulfonamides is 1. The molecule has 0 radical (unpaired) electrons. The van der Waals surface area contributed by atoms with Crippen molar-refractivity contribution >= 4 is 21.4 Å². The fourth-order valence-corrected chi connectivity index (χ4v) is 5.08. The molecule has 0 amide bonds. The van der Waals surface area contributed by atoms with Gasteiger partial charge in [-0.3, -0.25) is 4.72 Å². The quantitative estimate of drug-likeness (QED) is 0.727. The number of benzene rings is 2. The molecule has 2 heterocycles. The average Bonchev–Trinajstić information content (AvgIpc) is 3.27. The van der Waals surface area contributed by atoms with Gasteiger partial charge in [-0.05, 0) is 62.1 Å². The zero-order valence-corrected chi connectivity index (χ0v) is 17.4. The van der Waals surface area contributed by atoms with Crippen LogP contribution >= 0.6 is 0 Å². The van der Waals surface area contributed by atoms with E-state index in [1.165, 1.54) is 12.8 Å². The van der Waals surface area contributed by atoms with Crippen LogP contribution in [0.4, 0.5) is 11.4 Å². The van der Waals surface area contributed by atoms with Crippen LogP contribution in [0.5, 0.6) is 0 Å². The van der Waals surface area contributed by atoms with Crippen molar-refractivity contribution in [3.05, 3.63) is 54.6 Å². The Labute approximate surface area is 173 Å². The predicted molar refractivity (Wildman–Crippen MR) is 116 cm³/mol. The summed E-state index contributed by atoms with van der Waals surface area (Å²) in [5.41, 5.74) is 1.70. The van der Waals surface area contributed by atoms with Gasteiger partial charge in [0, 0.05) is 43.7 Å². The third-order valence-electron chi connectivity index (χ3n) is 5.69. The van der Waals surface area contributed by atoms with E-state index in [2.05, 4.69) is 14.9 Å². The monoisotopic (exact) mass is 415 g/mol. The number of piperidine rings is 1. The van der Waals surface area contributed by atoms with Crippen LogP contribution in [-0.2, 0) is 14.8 Å². The Morgan fingerprint density at radius 1 is 0.966 bits per heavy atom. The third kappa shape index (κ3) is 5.29. The van der Waals surface area contributed by atoms with Gasteiger partial charge in [-0.2, -0.15) is 0 Å². The molecule has 2 aromatic rings. The lowest BCUT2D eigenvalue weighted by Gasteiger charge is -2.34. The molecule has 0 spiro atoms. The number of nitrogens with zero attached hydrogens (tertiary/aromatic N) is 1. The van der Waals surface area contributed by atoms with Crippen molar-refractivity contribution in [2.24, 2.45) is 0 Å². The summed E-state index contributed by atoms with van der Waals surface area (Å²) in [6.45, 7) is 3.86. The summed E-state index contributed by atoms with van der Waals surface area (Å²) in [5.74, 6) is 0. The zero-order valence-electron chi connectivity index (χ0n) is 16.6. The van der Waals surface area contributed by atoms with E-state index in [1.54, 1.807) is 30.3 Å². The van der Waals surface area contributed by atoms with Gasteiger partial charge in [0.25, 0.3) is 10.0 Å². The van der Waals surface area contributed by atoms with Crippen molar-refractivity contribution in [3.8, 4) is 0 Å². The van der Waals surface area contributed by atoms with Crippen LogP contribution in [0.15, 0.2) is 59.5 Å². The minimum Gasteiger partial charge on any atom is -0.377 e. The highest BCUT2D eigenvalue weighted by Crippen LogP contribution is 2.24. The zero-order chi connectivity index (χ0) is 20.1. The van der Waals surface area contributed by atoms with E-state index < -0.39 is 10.0 Å². The van der Waals surface area contributed by atoms with Crippen molar-refractivity contribution in [2.45, 2.75) is 42.7 Å². The molecule has 0 bridgehead atoms. The highest BCUT2D eigenvalue weighted by Gasteiger charge is 2.22. The highest BCUT2D eigenvalue weighted by atomic mass is 32.2. The lowest BCUT2D eigenvalue weighted by Crippen LogP contribution is -2.44. The second-order valence-corrected chi connectivity index (χ2v) is 9.45. The van der Waals surface area contributed by atoms with Gasteiger partial charge in [0.15, 0.2) is 0 Å². The smallest absolute Gasteiger partial charge is 0.261 e. The molecule has 2 aliphatic heterocycles. The van der Waals surface area contributed by atoms with Gasteiger partial charge in [-0.15, -0.1) is 0 Å². The normalized spacial score (nSPS) is 20.7. The molecule has 2 aromatic carbocycles. The van der Waals surface area contributed by atoms with Crippen LogP contribution in [0.25, 0.3) is 0 Å². The Kier molecular flexibility index (Phi) is 6.37. The average molecular weight is 416 g/mol. The molecule has 2 saturated heterocycles. The molecule has 0 aromatic heterocycles. The molecule has 29 heavy (non-hydrogen) atoms. The fraction of sp³-hybridized carbons (Fsp3) is 0.455. The Morgan fingerprint density at radius 3 is 2.34 bits per heavy atom. The molecule has 2 fully saturated rings. The van der Waals surface area contributed by atoms with Crippen LogP contribution < -0.4 is 14.9 Å². The minimum absolute atomic E-state index is 0.265. The largest absolute Gasteiger partial charge is 0.377 e. The molecular weight excluding hydrogens is 386 g/mol. The lowest BCUT2D eigenvalue weighted by atomic mass is 10.0. The standard InChI is InChI=1S/C22H29N3O3S/c26-29(27,22-6-2-1-3-7-22)24-19-8-10-20(11-9-19)25-14-12-18(13-15-25)23-17-21-5-4-16-28-21/h1-3,6-11,18,21,23-24H,4-5,12-17H2/t21-/m0/s1. The van der Waals surface area contributed by atoms with Crippen LogP contribution in [0.3, 0.4) is 0 Å².